The molecule has 5 heteroatoms. The van der Waals surface area contributed by atoms with Gasteiger partial charge in [0, 0.05) is 5.41 Å². The van der Waals surface area contributed by atoms with E-state index >= 15 is 0 Å². The van der Waals surface area contributed by atoms with Crippen LogP contribution < -0.4 is 10.6 Å². The van der Waals surface area contributed by atoms with E-state index in [-0.39, 0.29) is 18.3 Å². The lowest BCUT2D eigenvalue weighted by Crippen LogP contribution is -2.47. The minimum absolute atomic E-state index is 0. The number of rotatable bonds is 5. The van der Waals surface area contributed by atoms with Gasteiger partial charge in [-0.25, -0.2) is 0 Å². The number of amides is 1. The molecule has 2 aromatic rings. The summed E-state index contributed by atoms with van der Waals surface area (Å²) in [5, 5.41) is 17.4. The van der Waals surface area contributed by atoms with Gasteiger partial charge in [0.25, 0.3) is 0 Å². The first-order valence-electron chi connectivity index (χ1n) is 8.90. The van der Waals surface area contributed by atoms with Crippen LogP contribution in [-0.2, 0) is 4.79 Å². The molecule has 1 amide bonds. The first-order valence-corrected chi connectivity index (χ1v) is 8.90. The summed E-state index contributed by atoms with van der Waals surface area (Å²) < 4.78 is 0. The number of benzene rings is 2. The molecule has 3 N–H and O–H groups in total. The van der Waals surface area contributed by atoms with Crippen molar-refractivity contribution in [2.24, 2.45) is 5.41 Å². The van der Waals surface area contributed by atoms with Gasteiger partial charge in [0.1, 0.15) is 6.10 Å². The maximum absolute atomic E-state index is 13.0. The lowest BCUT2D eigenvalue weighted by atomic mass is 9.79. The van der Waals surface area contributed by atoms with Gasteiger partial charge in [0.05, 0.1) is 6.04 Å². The number of hydrogen-bond donors (Lipinski definition) is 3. The third-order valence-corrected chi connectivity index (χ3v) is 5.16. The van der Waals surface area contributed by atoms with Crippen molar-refractivity contribution in [2.75, 3.05) is 13.1 Å². The van der Waals surface area contributed by atoms with Crippen LogP contribution in [-0.4, -0.2) is 24.1 Å². The number of nitrogens with one attached hydrogen (secondary N) is 2. The number of piperidine rings is 1. The fourth-order valence-corrected chi connectivity index (χ4v) is 3.37. The largest absolute Gasteiger partial charge is 0.386 e. The van der Waals surface area contributed by atoms with Crippen molar-refractivity contribution in [2.45, 2.75) is 31.9 Å². The van der Waals surface area contributed by atoms with Gasteiger partial charge in [-0.3, -0.25) is 4.79 Å². The highest BCUT2D eigenvalue weighted by atomic mass is 35.5. The second-order valence-corrected chi connectivity index (χ2v) is 7.03. The molecule has 2 aromatic carbocycles. The summed E-state index contributed by atoms with van der Waals surface area (Å²) in [6, 6.07) is 18.7. The molecule has 1 fully saturated rings. The molecule has 0 saturated carbocycles. The third kappa shape index (κ3) is 4.64. The zero-order chi connectivity index (χ0) is 17.7. The lowest BCUT2D eigenvalue weighted by Gasteiger charge is -2.35. The predicted molar refractivity (Wildman–Crippen MR) is 106 cm³/mol. The number of carbonyl (C=O) groups excluding carboxylic acids is 1. The molecule has 0 unspecified atom stereocenters. The Balaban J connectivity index is 0.00000243. The molecular formula is C21H27ClN2O2. The fraction of sp³-hybridized carbons (Fsp3) is 0.381. The molecule has 0 radical (unpaired) electrons. The number of aliphatic hydroxyl groups excluding tert-OH is 1. The molecule has 1 aliphatic rings. The van der Waals surface area contributed by atoms with E-state index in [1.54, 1.807) is 0 Å². The minimum atomic E-state index is -0.794. The molecule has 26 heavy (non-hydrogen) atoms. The van der Waals surface area contributed by atoms with E-state index in [4.69, 9.17) is 0 Å². The van der Waals surface area contributed by atoms with Crippen molar-refractivity contribution < 1.29 is 9.90 Å². The Morgan fingerprint density at radius 2 is 1.50 bits per heavy atom. The topological polar surface area (TPSA) is 61.4 Å². The average Bonchev–Trinajstić information content (AvgIpc) is 2.67. The Labute approximate surface area is 161 Å². The lowest BCUT2D eigenvalue weighted by molar-refractivity contribution is -0.133. The molecule has 1 aliphatic heterocycles. The van der Waals surface area contributed by atoms with E-state index in [2.05, 4.69) is 10.6 Å². The SMILES string of the molecule is CC1(C(=O)N[C@@H](c2ccccc2)[C@H](O)c2ccccc2)CCNCC1.Cl. The van der Waals surface area contributed by atoms with Gasteiger partial charge in [0.15, 0.2) is 0 Å². The molecule has 1 heterocycles. The second-order valence-electron chi connectivity index (χ2n) is 7.03. The summed E-state index contributed by atoms with van der Waals surface area (Å²) >= 11 is 0. The number of aliphatic hydroxyl groups is 1. The quantitative estimate of drug-likeness (QED) is 0.751. The molecular weight excluding hydrogens is 348 g/mol. The normalized spacial score (nSPS) is 18.2. The van der Waals surface area contributed by atoms with Crippen LogP contribution in [0, 0.1) is 5.41 Å². The molecule has 1 saturated heterocycles. The predicted octanol–water partition coefficient (Wildman–Crippen LogP) is 3.39. The Morgan fingerprint density at radius 1 is 1.00 bits per heavy atom. The first-order chi connectivity index (χ1) is 12.1. The summed E-state index contributed by atoms with van der Waals surface area (Å²) in [7, 11) is 0. The standard InChI is InChI=1S/C21H26N2O2.ClH/c1-21(12-14-22-15-13-21)20(25)23-18(16-8-4-2-5-9-16)19(24)17-10-6-3-7-11-17;/h2-11,18-19,22,24H,12-15H2,1H3,(H,23,25);1H/t18-,19+;/m0./s1. The fourth-order valence-electron chi connectivity index (χ4n) is 3.37. The third-order valence-electron chi connectivity index (χ3n) is 5.16. The highest BCUT2D eigenvalue weighted by molar-refractivity contribution is 5.85. The Kier molecular flexibility index (Phi) is 7.21. The highest BCUT2D eigenvalue weighted by Crippen LogP contribution is 2.33. The zero-order valence-electron chi connectivity index (χ0n) is 15.0. The second kappa shape index (κ2) is 9.17. The van der Waals surface area contributed by atoms with Crippen molar-refractivity contribution in [1.29, 1.82) is 0 Å². The van der Waals surface area contributed by atoms with Gasteiger partial charge in [0.2, 0.25) is 5.91 Å². The van der Waals surface area contributed by atoms with Gasteiger partial charge < -0.3 is 15.7 Å². The number of hydrogen-bond acceptors (Lipinski definition) is 3. The highest BCUT2D eigenvalue weighted by Gasteiger charge is 2.37. The van der Waals surface area contributed by atoms with E-state index in [1.807, 2.05) is 67.6 Å². The van der Waals surface area contributed by atoms with Crippen LogP contribution in [0.2, 0.25) is 0 Å². The number of carbonyl (C=O) groups is 1. The summed E-state index contributed by atoms with van der Waals surface area (Å²) in [6.45, 7) is 3.71. The molecule has 0 bridgehead atoms. The van der Waals surface area contributed by atoms with Crippen LogP contribution in [0.1, 0.15) is 43.0 Å². The summed E-state index contributed by atoms with van der Waals surface area (Å²) in [5.74, 6) is 0.0119. The summed E-state index contributed by atoms with van der Waals surface area (Å²) in [5.41, 5.74) is 1.31. The van der Waals surface area contributed by atoms with E-state index in [1.165, 1.54) is 0 Å². The van der Waals surface area contributed by atoms with Crippen molar-refractivity contribution in [3.63, 3.8) is 0 Å². The Bertz CT molecular complexity index is 688. The molecule has 0 aromatic heterocycles. The van der Waals surface area contributed by atoms with Crippen molar-refractivity contribution in [1.82, 2.24) is 10.6 Å². The van der Waals surface area contributed by atoms with Gasteiger partial charge in [-0.15, -0.1) is 12.4 Å². The summed E-state index contributed by atoms with van der Waals surface area (Å²) in [6.07, 6.45) is 0.821. The summed E-state index contributed by atoms with van der Waals surface area (Å²) in [4.78, 5) is 13.0. The van der Waals surface area contributed by atoms with Crippen LogP contribution in [0.4, 0.5) is 0 Å². The van der Waals surface area contributed by atoms with E-state index in [0.29, 0.717) is 0 Å². The smallest absolute Gasteiger partial charge is 0.226 e. The van der Waals surface area contributed by atoms with Crippen molar-refractivity contribution in [3.05, 3.63) is 71.8 Å². The molecule has 2 atom stereocenters. The molecule has 3 rings (SSSR count). The van der Waals surface area contributed by atoms with Crippen LogP contribution in [0.5, 0.6) is 0 Å². The Morgan fingerprint density at radius 3 is 2.04 bits per heavy atom. The Hall–Kier alpha value is -1.88. The number of halogens is 1. The van der Waals surface area contributed by atoms with E-state index < -0.39 is 17.6 Å². The zero-order valence-corrected chi connectivity index (χ0v) is 15.8. The maximum Gasteiger partial charge on any atom is 0.226 e. The minimum Gasteiger partial charge on any atom is -0.386 e. The van der Waals surface area contributed by atoms with Crippen LogP contribution in [0.3, 0.4) is 0 Å². The van der Waals surface area contributed by atoms with E-state index in [9.17, 15) is 9.90 Å². The molecule has 140 valence electrons. The van der Waals surface area contributed by atoms with Crippen molar-refractivity contribution >= 4 is 18.3 Å². The van der Waals surface area contributed by atoms with Crippen LogP contribution >= 0.6 is 12.4 Å². The van der Waals surface area contributed by atoms with Gasteiger partial charge >= 0.3 is 0 Å². The van der Waals surface area contributed by atoms with Crippen LogP contribution in [0.25, 0.3) is 0 Å². The first kappa shape index (κ1) is 20.4. The van der Waals surface area contributed by atoms with Crippen molar-refractivity contribution in [3.8, 4) is 0 Å². The van der Waals surface area contributed by atoms with Gasteiger partial charge in [-0.1, -0.05) is 67.6 Å². The monoisotopic (exact) mass is 374 g/mol. The van der Waals surface area contributed by atoms with Crippen LogP contribution in [0.15, 0.2) is 60.7 Å². The maximum atomic E-state index is 13.0. The average molecular weight is 375 g/mol. The molecule has 0 aliphatic carbocycles. The molecule has 0 spiro atoms. The van der Waals surface area contributed by atoms with Gasteiger partial charge in [-0.2, -0.15) is 0 Å². The van der Waals surface area contributed by atoms with Gasteiger partial charge in [-0.05, 0) is 37.1 Å². The molecule has 4 nitrogen and oxygen atoms in total. The van der Waals surface area contributed by atoms with E-state index in [0.717, 1.165) is 37.1 Å².